The molecule has 3 heterocycles. The third-order valence-electron chi connectivity index (χ3n) is 4.71. The number of para-hydroxylation sites is 2. The molecule has 4 rings (SSSR count). The number of aromatic amines is 1. The average Bonchev–Trinajstić information content (AvgIpc) is 3.34. The van der Waals surface area contributed by atoms with Gasteiger partial charge in [0.15, 0.2) is 0 Å². The van der Waals surface area contributed by atoms with Crippen LogP contribution in [0.25, 0.3) is 11.0 Å². The molecule has 1 aliphatic heterocycles. The van der Waals surface area contributed by atoms with E-state index in [2.05, 4.69) is 20.4 Å². The molecule has 1 aliphatic rings. The van der Waals surface area contributed by atoms with Gasteiger partial charge in [0.25, 0.3) is 0 Å². The predicted octanol–water partition coefficient (Wildman–Crippen LogP) is 2.17. The average molecular weight is 354 g/mol. The lowest BCUT2D eigenvalue weighted by Crippen LogP contribution is -2.40. The van der Waals surface area contributed by atoms with E-state index in [-0.39, 0.29) is 17.9 Å². The highest BCUT2D eigenvalue weighted by Gasteiger charge is 2.30. The molecule has 1 saturated heterocycles. The van der Waals surface area contributed by atoms with Crippen LogP contribution in [0.15, 0.2) is 34.9 Å². The number of nitrogens with zero attached hydrogens (tertiary/aromatic N) is 2. The van der Waals surface area contributed by atoms with Gasteiger partial charge in [-0.2, -0.15) is 0 Å². The standard InChI is InChI=1S/C19H22N4O3/c1-12-8-14(26-23-12)9-13-10-25-11-17(13)22-19(24)7-6-18-20-15-4-2-3-5-16(15)21-18/h2-5,8,13,17H,6-7,9-11H2,1H3,(H,20,21)(H,22,24). The van der Waals surface area contributed by atoms with Crippen LogP contribution < -0.4 is 5.32 Å². The van der Waals surface area contributed by atoms with E-state index >= 15 is 0 Å². The van der Waals surface area contributed by atoms with Crippen molar-refractivity contribution in [3.05, 3.63) is 47.6 Å². The molecule has 0 aliphatic carbocycles. The van der Waals surface area contributed by atoms with Crippen molar-refractivity contribution in [3.8, 4) is 0 Å². The number of carbonyl (C=O) groups excluding carboxylic acids is 1. The lowest BCUT2D eigenvalue weighted by Gasteiger charge is -2.17. The normalized spacial score (nSPS) is 19.9. The van der Waals surface area contributed by atoms with Crippen molar-refractivity contribution in [3.63, 3.8) is 0 Å². The number of nitrogens with one attached hydrogen (secondary N) is 2. The maximum Gasteiger partial charge on any atom is 0.220 e. The van der Waals surface area contributed by atoms with Gasteiger partial charge in [0, 0.05) is 31.2 Å². The van der Waals surface area contributed by atoms with Crippen molar-refractivity contribution in [1.29, 1.82) is 0 Å². The fourth-order valence-electron chi connectivity index (χ4n) is 3.37. The van der Waals surface area contributed by atoms with Gasteiger partial charge in [0.2, 0.25) is 5.91 Å². The van der Waals surface area contributed by atoms with E-state index in [0.29, 0.717) is 26.1 Å². The summed E-state index contributed by atoms with van der Waals surface area (Å²) in [6, 6.07) is 9.80. The van der Waals surface area contributed by atoms with Gasteiger partial charge in [-0.3, -0.25) is 4.79 Å². The van der Waals surface area contributed by atoms with Crippen LogP contribution in [0.5, 0.6) is 0 Å². The maximum atomic E-state index is 12.3. The fraction of sp³-hybridized carbons (Fsp3) is 0.421. The first kappa shape index (κ1) is 16.8. The zero-order chi connectivity index (χ0) is 17.9. The third-order valence-corrected chi connectivity index (χ3v) is 4.71. The monoisotopic (exact) mass is 354 g/mol. The van der Waals surface area contributed by atoms with Gasteiger partial charge in [-0.1, -0.05) is 17.3 Å². The zero-order valence-electron chi connectivity index (χ0n) is 14.7. The van der Waals surface area contributed by atoms with Crippen LogP contribution in [0.3, 0.4) is 0 Å². The molecule has 0 bridgehead atoms. The van der Waals surface area contributed by atoms with Crippen LogP contribution in [0, 0.1) is 12.8 Å². The Bertz CT molecular complexity index is 868. The molecule has 2 atom stereocenters. The Morgan fingerprint density at radius 3 is 3.04 bits per heavy atom. The molecule has 1 aromatic carbocycles. The number of benzene rings is 1. The summed E-state index contributed by atoms with van der Waals surface area (Å²) in [5.74, 6) is 1.88. The summed E-state index contributed by atoms with van der Waals surface area (Å²) in [5, 5.41) is 7.00. The van der Waals surface area contributed by atoms with Crippen LogP contribution in [0.4, 0.5) is 0 Å². The summed E-state index contributed by atoms with van der Waals surface area (Å²) >= 11 is 0. The van der Waals surface area contributed by atoms with Gasteiger partial charge >= 0.3 is 0 Å². The molecular weight excluding hydrogens is 332 g/mol. The van der Waals surface area contributed by atoms with Gasteiger partial charge in [-0.15, -0.1) is 0 Å². The summed E-state index contributed by atoms with van der Waals surface area (Å²) in [7, 11) is 0. The van der Waals surface area contributed by atoms with E-state index in [1.165, 1.54) is 0 Å². The molecule has 136 valence electrons. The summed E-state index contributed by atoms with van der Waals surface area (Å²) < 4.78 is 10.8. The molecular formula is C19H22N4O3. The Balaban J connectivity index is 1.30. The van der Waals surface area contributed by atoms with E-state index < -0.39 is 0 Å². The number of aryl methyl sites for hydroxylation is 2. The molecule has 26 heavy (non-hydrogen) atoms. The molecule has 2 N–H and O–H groups in total. The van der Waals surface area contributed by atoms with Crippen molar-refractivity contribution in [2.75, 3.05) is 13.2 Å². The Morgan fingerprint density at radius 1 is 1.35 bits per heavy atom. The third kappa shape index (κ3) is 3.77. The molecule has 0 spiro atoms. The first-order chi connectivity index (χ1) is 12.7. The number of imidazole rings is 1. The highest BCUT2D eigenvalue weighted by molar-refractivity contribution is 5.77. The topological polar surface area (TPSA) is 93.0 Å². The Hall–Kier alpha value is -2.67. The fourth-order valence-corrected chi connectivity index (χ4v) is 3.37. The first-order valence-corrected chi connectivity index (χ1v) is 8.90. The summed E-state index contributed by atoms with van der Waals surface area (Å²) in [6.45, 7) is 3.05. The quantitative estimate of drug-likeness (QED) is 0.708. The minimum atomic E-state index is 0.00331. The summed E-state index contributed by atoms with van der Waals surface area (Å²) in [4.78, 5) is 20.1. The number of hydrogen-bond acceptors (Lipinski definition) is 5. The lowest BCUT2D eigenvalue weighted by molar-refractivity contribution is -0.122. The second-order valence-corrected chi connectivity index (χ2v) is 6.81. The largest absolute Gasteiger partial charge is 0.379 e. The molecule has 3 aromatic rings. The number of ether oxygens (including phenoxy) is 1. The van der Waals surface area contributed by atoms with Gasteiger partial charge in [-0.25, -0.2) is 4.98 Å². The predicted molar refractivity (Wildman–Crippen MR) is 95.6 cm³/mol. The molecule has 7 heteroatoms. The Kier molecular flexibility index (Phi) is 4.71. The van der Waals surface area contributed by atoms with Crippen LogP contribution in [0.2, 0.25) is 0 Å². The van der Waals surface area contributed by atoms with Crippen molar-refractivity contribution in [1.82, 2.24) is 20.4 Å². The van der Waals surface area contributed by atoms with Crippen molar-refractivity contribution in [2.45, 2.75) is 32.2 Å². The second-order valence-electron chi connectivity index (χ2n) is 6.81. The van der Waals surface area contributed by atoms with Crippen LogP contribution >= 0.6 is 0 Å². The Morgan fingerprint density at radius 2 is 2.23 bits per heavy atom. The number of H-pyrrole nitrogens is 1. The second kappa shape index (κ2) is 7.29. The van der Waals surface area contributed by atoms with Crippen molar-refractivity contribution in [2.24, 2.45) is 5.92 Å². The summed E-state index contributed by atoms with van der Waals surface area (Å²) in [6.07, 6.45) is 1.69. The van der Waals surface area contributed by atoms with Gasteiger partial charge in [0.1, 0.15) is 11.6 Å². The number of amides is 1. The molecule has 0 saturated carbocycles. The van der Waals surface area contributed by atoms with E-state index in [4.69, 9.17) is 9.26 Å². The molecule has 1 fully saturated rings. The number of hydrogen-bond donors (Lipinski definition) is 2. The molecule has 7 nitrogen and oxygen atoms in total. The maximum absolute atomic E-state index is 12.3. The molecule has 2 aromatic heterocycles. The van der Waals surface area contributed by atoms with Crippen LogP contribution in [-0.4, -0.2) is 40.3 Å². The summed E-state index contributed by atoms with van der Waals surface area (Å²) in [5.41, 5.74) is 2.79. The highest BCUT2D eigenvalue weighted by atomic mass is 16.5. The van der Waals surface area contributed by atoms with E-state index in [1.54, 1.807) is 0 Å². The Labute approximate surface area is 151 Å². The van der Waals surface area contributed by atoms with Gasteiger partial charge < -0.3 is 19.6 Å². The minimum Gasteiger partial charge on any atom is -0.379 e. The SMILES string of the molecule is Cc1cc(CC2COCC2NC(=O)CCc2nc3ccccc3[nH]2)on1. The lowest BCUT2D eigenvalue weighted by atomic mass is 9.98. The van der Waals surface area contributed by atoms with Gasteiger partial charge in [-0.05, 0) is 19.1 Å². The minimum absolute atomic E-state index is 0.00331. The van der Waals surface area contributed by atoms with Crippen LogP contribution in [-0.2, 0) is 22.4 Å². The smallest absolute Gasteiger partial charge is 0.220 e. The molecule has 0 radical (unpaired) electrons. The first-order valence-electron chi connectivity index (χ1n) is 8.90. The van der Waals surface area contributed by atoms with Crippen LogP contribution in [0.1, 0.15) is 23.7 Å². The van der Waals surface area contributed by atoms with Crippen molar-refractivity contribution >= 4 is 16.9 Å². The number of fused-ring (bicyclic) bond motifs is 1. The van der Waals surface area contributed by atoms with Crippen molar-refractivity contribution < 1.29 is 14.1 Å². The molecule has 2 unspecified atom stereocenters. The molecule has 1 amide bonds. The zero-order valence-corrected chi connectivity index (χ0v) is 14.7. The number of rotatable bonds is 6. The van der Waals surface area contributed by atoms with E-state index in [1.807, 2.05) is 37.3 Å². The number of carbonyl (C=O) groups is 1. The van der Waals surface area contributed by atoms with E-state index in [9.17, 15) is 4.79 Å². The highest BCUT2D eigenvalue weighted by Crippen LogP contribution is 2.20. The number of aromatic nitrogens is 3. The van der Waals surface area contributed by atoms with Gasteiger partial charge in [0.05, 0.1) is 36.0 Å². The van der Waals surface area contributed by atoms with E-state index in [0.717, 1.165) is 34.7 Å².